The molecule has 104 valence electrons. The Kier molecular flexibility index (Phi) is 3.39. The zero-order valence-electron chi connectivity index (χ0n) is 12.2. The first-order valence-corrected chi connectivity index (χ1v) is 6.53. The van der Waals surface area contributed by atoms with Gasteiger partial charge in [0.25, 0.3) is 0 Å². The summed E-state index contributed by atoms with van der Waals surface area (Å²) in [5, 5.41) is 0. The van der Waals surface area contributed by atoms with Crippen LogP contribution in [0, 0.1) is 6.92 Å². The Hall–Kier alpha value is -1.42. The highest BCUT2D eigenvalue weighted by Crippen LogP contribution is 2.39. The van der Waals surface area contributed by atoms with E-state index in [-0.39, 0.29) is 17.3 Å². The van der Waals surface area contributed by atoms with Crippen molar-refractivity contribution in [3.05, 3.63) is 23.5 Å². The molecule has 2 heterocycles. The third-order valence-corrected chi connectivity index (χ3v) is 3.40. The van der Waals surface area contributed by atoms with Crippen molar-refractivity contribution < 1.29 is 14.3 Å². The number of hydrogen-bond acceptors (Lipinski definition) is 4. The first-order valence-electron chi connectivity index (χ1n) is 6.53. The average molecular weight is 263 g/mol. The fourth-order valence-electron chi connectivity index (χ4n) is 2.60. The van der Waals surface area contributed by atoms with Crippen LogP contribution in [0.2, 0.25) is 0 Å². The van der Waals surface area contributed by atoms with Crippen molar-refractivity contribution in [2.75, 3.05) is 0 Å². The highest BCUT2D eigenvalue weighted by atomic mass is 16.6. The molecule has 1 fully saturated rings. The standard InChI is InChI=1S/C15H21NO3/c1-10-6-7-12(11(9-17)16-10)18-13-8-14(2,3)19-15(13,4)5/h6-7,9,13H,8H2,1-5H3. The zero-order chi connectivity index (χ0) is 14.3. The Morgan fingerprint density at radius 1 is 1.37 bits per heavy atom. The van der Waals surface area contributed by atoms with Gasteiger partial charge in [-0.2, -0.15) is 0 Å². The van der Waals surface area contributed by atoms with E-state index in [0.29, 0.717) is 11.4 Å². The Morgan fingerprint density at radius 3 is 2.58 bits per heavy atom. The van der Waals surface area contributed by atoms with Gasteiger partial charge in [-0.1, -0.05) is 0 Å². The van der Waals surface area contributed by atoms with E-state index in [1.165, 1.54) is 0 Å². The Labute approximate surface area is 114 Å². The lowest BCUT2D eigenvalue weighted by Crippen LogP contribution is -2.37. The third kappa shape index (κ3) is 2.95. The predicted molar refractivity (Wildman–Crippen MR) is 72.6 cm³/mol. The van der Waals surface area contributed by atoms with Gasteiger partial charge in [-0.3, -0.25) is 4.79 Å². The summed E-state index contributed by atoms with van der Waals surface area (Å²) in [5.41, 5.74) is 0.555. The van der Waals surface area contributed by atoms with Crippen LogP contribution in [-0.4, -0.2) is 28.6 Å². The molecular formula is C15H21NO3. The number of pyridine rings is 1. The fraction of sp³-hybridized carbons (Fsp3) is 0.600. The summed E-state index contributed by atoms with van der Waals surface area (Å²) < 4.78 is 12.0. The van der Waals surface area contributed by atoms with Crippen LogP contribution in [0.25, 0.3) is 0 Å². The van der Waals surface area contributed by atoms with Gasteiger partial charge in [-0.05, 0) is 46.8 Å². The molecule has 1 aromatic heterocycles. The summed E-state index contributed by atoms with van der Waals surface area (Å²) >= 11 is 0. The van der Waals surface area contributed by atoms with Crippen molar-refractivity contribution in [3.8, 4) is 5.75 Å². The molecule has 1 saturated heterocycles. The van der Waals surface area contributed by atoms with Gasteiger partial charge in [-0.25, -0.2) is 4.98 Å². The quantitative estimate of drug-likeness (QED) is 0.787. The number of ether oxygens (including phenoxy) is 2. The lowest BCUT2D eigenvalue weighted by atomic mass is 9.97. The van der Waals surface area contributed by atoms with Crippen molar-refractivity contribution in [1.82, 2.24) is 4.98 Å². The molecule has 1 aliphatic rings. The van der Waals surface area contributed by atoms with E-state index in [0.717, 1.165) is 18.4 Å². The van der Waals surface area contributed by atoms with E-state index >= 15 is 0 Å². The van der Waals surface area contributed by atoms with Crippen molar-refractivity contribution in [3.63, 3.8) is 0 Å². The van der Waals surface area contributed by atoms with Crippen LogP contribution in [-0.2, 0) is 4.74 Å². The predicted octanol–water partition coefficient (Wildman–Crippen LogP) is 2.93. The number of carbonyl (C=O) groups is 1. The maximum Gasteiger partial charge on any atom is 0.172 e. The van der Waals surface area contributed by atoms with Gasteiger partial charge in [0.1, 0.15) is 23.1 Å². The number of rotatable bonds is 3. The second-order valence-corrected chi connectivity index (χ2v) is 6.23. The van der Waals surface area contributed by atoms with E-state index in [2.05, 4.69) is 4.98 Å². The maximum absolute atomic E-state index is 11.1. The number of hydrogen-bond donors (Lipinski definition) is 0. The van der Waals surface area contributed by atoms with Crippen LogP contribution < -0.4 is 4.74 Å². The van der Waals surface area contributed by atoms with Crippen molar-refractivity contribution in [1.29, 1.82) is 0 Å². The van der Waals surface area contributed by atoms with Crippen LogP contribution in [0.4, 0.5) is 0 Å². The smallest absolute Gasteiger partial charge is 0.172 e. The van der Waals surface area contributed by atoms with E-state index in [1.807, 2.05) is 40.7 Å². The zero-order valence-corrected chi connectivity index (χ0v) is 12.2. The minimum absolute atomic E-state index is 0.0919. The summed E-state index contributed by atoms with van der Waals surface area (Å²) in [6.07, 6.45) is 1.42. The van der Waals surface area contributed by atoms with Crippen LogP contribution in [0.3, 0.4) is 0 Å². The molecule has 0 aromatic carbocycles. The molecule has 0 spiro atoms. The molecule has 1 aromatic rings. The van der Waals surface area contributed by atoms with Gasteiger partial charge in [0.05, 0.1) is 5.60 Å². The lowest BCUT2D eigenvalue weighted by molar-refractivity contribution is -0.0846. The second kappa shape index (κ2) is 4.60. The molecule has 0 amide bonds. The van der Waals surface area contributed by atoms with Gasteiger partial charge in [0.2, 0.25) is 0 Å². The molecule has 4 nitrogen and oxygen atoms in total. The largest absolute Gasteiger partial charge is 0.485 e. The maximum atomic E-state index is 11.1. The van der Waals surface area contributed by atoms with Gasteiger partial charge < -0.3 is 9.47 Å². The average Bonchev–Trinajstić information content (AvgIpc) is 2.49. The molecule has 0 N–H and O–H groups in total. The lowest BCUT2D eigenvalue weighted by Gasteiger charge is -2.27. The van der Waals surface area contributed by atoms with Crippen LogP contribution in [0.5, 0.6) is 5.75 Å². The molecule has 2 rings (SSSR count). The molecule has 1 aliphatic heterocycles. The van der Waals surface area contributed by atoms with Crippen LogP contribution >= 0.6 is 0 Å². The normalized spacial score (nSPS) is 24.2. The van der Waals surface area contributed by atoms with Crippen molar-refractivity contribution in [2.45, 2.75) is 58.3 Å². The summed E-state index contributed by atoms with van der Waals surface area (Å²) in [5.74, 6) is 0.528. The fourth-order valence-corrected chi connectivity index (χ4v) is 2.60. The molecule has 0 saturated carbocycles. The highest BCUT2D eigenvalue weighted by Gasteiger charge is 2.47. The summed E-state index contributed by atoms with van der Waals surface area (Å²) in [7, 11) is 0. The van der Waals surface area contributed by atoms with E-state index in [4.69, 9.17) is 9.47 Å². The second-order valence-electron chi connectivity index (χ2n) is 6.23. The van der Waals surface area contributed by atoms with Crippen LogP contribution in [0.1, 0.15) is 50.3 Å². The van der Waals surface area contributed by atoms with Crippen molar-refractivity contribution in [2.24, 2.45) is 0 Å². The number of aromatic nitrogens is 1. The van der Waals surface area contributed by atoms with E-state index in [1.54, 1.807) is 6.07 Å². The Balaban J connectivity index is 2.24. The van der Waals surface area contributed by atoms with Crippen LogP contribution in [0.15, 0.2) is 12.1 Å². The SMILES string of the molecule is Cc1ccc(OC2CC(C)(C)OC2(C)C)c(C=O)n1. The topological polar surface area (TPSA) is 48.4 Å². The monoisotopic (exact) mass is 263 g/mol. The molecule has 1 unspecified atom stereocenters. The van der Waals surface area contributed by atoms with E-state index in [9.17, 15) is 4.79 Å². The van der Waals surface area contributed by atoms with E-state index < -0.39 is 0 Å². The number of nitrogens with zero attached hydrogens (tertiary/aromatic N) is 1. The van der Waals surface area contributed by atoms with Gasteiger partial charge in [0, 0.05) is 12.1 Å². The first-order chi connectivity index (χ1) is 8.73. The molecular weight excluding hydrogens is 242 g/mol. The number of aldehydes is 1. The highest BCUT2D eigenvalue weighted by molar-refractivity contribution is 5.76. The molecule has 4 heteroatoms. The Bertz CT molecular complexity index is 494. The van der Waals surface area contributed by atoms with Gasteiger partial charge in [-0.15, -0.1) is 0 Å². The Morgan fingerprint density at radius 2 is 2.05 bits per heavy atom. The minimum atomic E-state index is -0.380. The molecule has 0 bridgehead atoms. The molecule has 0 radical (unpaired) electrons. The first kappa shape index (κ1) is 14.0. The number of carbonyl (C=O) groups excluding carboxylic acids is 1. The summed E-state index contributed by atoms with van der Waals surface area (Å²) in [6.45, 7) is 9.96. The van der Waals surface area contributed by atoms with Crippen molar-refractivity contribution >= 4 is 6.29 Å². The summed E-state index contributed by atoms with van der Waals surface area (Å²) in [6, 6.07) is 3.64. The molecule has 19 heavy (non-hydrogen) atoms. The molecule has 0 aliphatic carbocycles. The molecule has 1 atom stereocenters. The van der Waals surface area contributed by atoms with Gasteiger partial charge >= 0.3 is 0 Å². The van der Waals surface area contributed by atoms with Gasteiger partial charge in [0.15, 0.2) is 6.29 Å². The third-order valence-electron chi connectivity index (χ3n) is 3.40. The minimum Gasteiger partial charge on any atom is -0.485 e. The number of aryl methyl sites for hydroxylation is 1. The summed E-state index contributed by atoms with van der Waals surface area (Å²) in [4.78, 5) is 15.3.